The molecule has 0 radical (unpaired) electrons. The summed E-state index contributed by atoms with van der Waals surface area (Å²) in [6.45, 7) is 1.93. The second-order valence-corrected chi connectivity index (χ2v) is 7.73. The van der Waals surface area contributed by atoms with Crippen molar-refractivity contribution in [3.8, 4) is 10.6 Å². The van der Waals surface area contributed by atoms with Gasteiger partial charge in [0.05, 0.1) is 15.8 Å². The molecule has 2 aromatic carbocycles. The van der Waals surface area contributed by atoms with Gasteiger partial charge in [-0.25, -0.2) is 9.78 Å². The van der Waals surface area contributed by atoms with Crippen molar-refractivity contribution >= 4 is 43.3 Å². The van der Waals surface area contributed by atoms with Crippen LogP contribution < -0.4 is 5.32 Å². The molecule has 0 aliphatic rings. The normalized spacial score (nSPS) is 11.6. The van der Waals surface area contributed by atoms with E-state index in [1.54, 1.807) is 0 Å². The van der Waals surface area contributed by atoms with Gasteiger partial charge in [-0.05, 0) is 42.8 Å². The Morgan fingerprint density at radius 3 is 2.52 bits per heavy atom. The van der Waals surface area contributed by atoms with E-state index >= 15 is 0 Å². The maximum absolute atomic E-state index is 11.7. The van der Waals surface area contributed by atoms with Crippen molar-refractivity contribution in [2.75, 3.05) is 12.4 Å². The van der Waals surface area contributed by atoms with Crippen molar-refractivity contribution in [3.05, 3.63) is 41.5 Å². The monoisotopic (exact) mass is 378 g/mol. The molecule has 130 valence electrons. The molecule has 0 aliphatic carbocycles. The van der Waals surface area contributed by atoms with E-state index in [-0.39, 0.29) is 4.70 Å². The Morgan fingerprint density at radius 2 is 1.96 bits per heavy atom. The van der Waals surface area contributed by atoms with Gasteiger partial charge in [0.25, 0.3) is 10.1 Å². The van der Waals surface area contributed by atoms with Crippen molar-refractivity contribution in [3.63, 3.8) is 0 Å². The molecule has 7 nitrogen and oxygen atoms in total. The molecule has 25 heavy (non-hydrogen) atoms. The average Bonchev–Trinajstić information content (AvgIpc) is 2.96. The van der Waals surface area contributed by atoms with E-state index < -0.39 is 26.5 Å². The van der Waals surface area contributed by atoms with Gasteiger partial charge < -0.3 is 10.4 Å². The minimum absolute atomic E-state index is 0.118. The number of carbonyl (C=O) groups is 1. The number of hydrogen-bond donors (Lipinski definition) is 3. The quantitative estimate of drug-likeness (QED) is 0.597. The molecule has 1 aromatic heterocycles. The standard InChI is InChI=1S/C16H14N2O5S2/c1-8-7-9(3-5-11(8)17-2)15-18-12-6-4-10(16(19)20)14(13(12)24-15)25(21,22)23/h3-7,17H,1-2H3,(H,19,20)(H,21,22,23). The SMILES string of the molecule is CNc1ccc(-c2nc3ccc(C(=O)O)c(S(=O)(=O)O)c3s2)cc1C. The van der Waals surface area contributed by atoms with Gasteiger partial charge >= 0.3 is 5.97 Å². The van der Waals surface area contributed by atoms with Crippen LogP contribution in [0.3, 0.4) is 0 Å². The summed E-state index contributed by atoms with van der Waals surface area (Å²) >= 11 is 1.02. The number of benzene rings is 2. The van der Waals surface area contributed by atoms with Crippen LogP contribution in [0.25, 0.3) is 20.8 Å². The molecular formula is C16H14N2O5S2. The van der Waals surface area contributed by atoms with Gasteiger partial charge in [0.2, 0.25) is 0 Å². The van der Waals surface area contributed by atoms with E-state index in [1.165, 1.54) is 6.07 Å². The number of nitrogens with zero attached hydrogens (tertiary/aromatic N) is 1. The third-order valence-electron chi connectivity index (χ3n) is 3.74. The van der Waals surface area contributed by atoms with Crippen molar-refractivity contribution in [2.24, 2.45) is 0 Å². The predicted octanol–water partition coefficient (Wildman–Crippen LogP) is 3.26. The topological polar surface area (TPSA) is 117 Å². The zero-order valence-corrected chi connectivity index (χ0v) is 14.9. The maximum Gasteiger partial charge on any atom is 0.337 e. The fourth-order valence-electron chi connectivity index (χ4n) is 2.59. The largest absolute Gasteiger partial charge is 0.478 e. The Balaban J connectivity index is 2.28. The lowest BCUT2D eigenvalue weighted by molar-refractivity contribution is 0.0692. The van der Waals surface area contributed by atoms with Gasteiger partial charge in [-0.15, -0.1) is 11.3 Å². The molecule has 0 atom stereocenters. The first-order valence-corrected chi connectivity index (χ1v) is 9.41. The smallest absolute Gasteiger partial charge is 0.337 e. The van der Waals surface area contributed by atoms with Crippen molar-refractivity contribution in [1.82, 2.24) is 4.98 Å². The van der Waals surface area contributed by atoms with Crippen LogP contribution in [-0.4, -0.2) is 36.1 Å². The fraction of sp³-hybridized carbons (Fsp3) is 0.125. The fourth-order valence-corrected chi connectivity index (χ4v) is 4.81. The number of carboxylic acid groups (broad SMARTS) is 1. The molecule has 0 amide bonds. The van der Waals surface area contributed by atoms with Gasteiger partial charge in [-0.3, -0.25) is 4.55 Å². The number of anilines is 1. The van der Waals surface area contributed by atoms with Crippen LogP contribution in [0.15, 0.2) is 35.2 Å². The number of aromatic carboxylic acids is 1. The van der Waals surface area contributed by atoms with Crippen LogP contribution in [0.1, 0.15) is 15.9 Å². The number of aryl methyl sites for hydroxylation is 1. The number of hydrogen-bond acceptors (Lipinski definition) is 6. The second kappa shape index (κ2) is 6.10. The molecule has 0 aliphatic heterocycles. The van der Waals surface area contributed by atoms with Gasteiger partial charge in [-0.1, -0.05) is 0 Å². The van der Waals surface area contributed by atoms with Gasteiger partial charge in [0.1, 0.15) is 9.90 Å². The van der Waals surface area contributed by atoms with E-state index in [2.05, 4.69) is 10.3 Å². The minimum atomic E-state index is -4.71. The number of fused-ring (bicyclic) bond motifs is 1. The number of thiazole rings is 1. The first-order chi connectivity index (χ1) is 11.7. The summed E-state index contributed by atoms with van der Waals surface area (Å²) < 4.78 is 33.0. The van der Waals surface area contributed by atoms with Crippen molar-refractivity contribution < 1.29 is 22.9 Å². The minimum Gasteiger partial charge on any atom is -0.478 e. The number of aromatic nitrogens is 1. The number of rotatable bonds is 4. The maximum atomic E-state index is 11.7. The van der Waals surface area contributed by atoms with E-state index in [0.29, 0.717) is 10.5 Å². The first-order valence-electron chi connectivity index (χ1n) is 7.15. The van der Waals surface area contributed by atoms with Crippen LogP contribution in [-0.2, 0) is 10.1 Å². The third-order valence-corrected chi connectivity index (χ3v) is 5.95. The lowest BCUT2D eigenvalue weighted by atomic mass is 10.1. The molecule has 3 aromatic rings. The second-order valence-electron chi connectivity index (χ2n) is 5.37. The highest BCUT2D eigenvalue weighted by atomic mass is 32.2. The van der Waals surface area contributed by atoms with Crippen LogP contribution >= 0.6 is 11.3 Å². The highest BCUT2D eigenvalue weighted by molar-refractivity contribution is 7.86. The van der Waals surface area contributed by atoms with Gasteiger partial charge in [0.15, 0.2) is 0 Å². The summed E-state index contributed by atoms with van der Waals surface area (Å²) in [4.78, 5) is 15.1. The van der Waals surface area contributed by atoms with Crippen LogP contribution in [0.5, 0.6) is 0 Å². The Labute approximate surface area is 147 Å². The summed E-state index contributed by atoms with van der Waals surface area (Å²) in [7, 11) is -2.90. The summed E-state index contributed by atoms with van der Waals surface area (Å²) in [6.07, 6.45) is 0. The van der Waals surface area contributed by atoms with Gasteiger partial charge in [-0.2, -0.15) is 8.42 Å². The van der Waals surface area contributed by atoms with E-state index in [1.807, 2.05) is 32.2 Å². The lowest BCUT2D eigenvalue weighted by Gasteiger charge is -2.06. The summed E-state index contributed by atoms with van der Waals surface area (Å²) in [5.41, 5.74) is 2.55. The highest BCUT2D eigenvalue weighted by Gasteiger charge is 2.26. The van der Waals surface area contributed by atoms with E-state index in [4.69, 9.17) is 0 Å². The molecule has 0 saturated carbocycles. The Bertz CT molecular complexity index is 1100. The molecule has 1 heterocycles. The van der Waals surface area contributed by atoms with E-state index in [0.717, 1.165) is 34.2 Å². The molecule has 0 saturated heterocycles. The molecule has 3 N–H and O–H groups in total. The third kappa shape index (κ3) is 3.09. The van der Waals surface area contributed by atoms with Crippen LogP contribution in [0.4, 0.5) is 5.69 Å². The van der Waals surface area contributed by atoms with Crippen molar-refractivity contribution in [2.45, 2.75) is 11.8 Å². The molecular weight excluding hydrogens is 364 g/mol. The number of nitrogens with one attached hydrogen (secondary N) is 1. The molecule has 3 rings (SSSR count). The van der Waals surface area contributed by atoms with Gasteiger partial charge in [0, 0.05) is 18.3 Å². The number of carboxylic acids is 1. The van der Waals surface area contributed by atoms with Crippen molar-refractivity contribution in [1.29, 1.82) is 0 Å². The average molecular weight is 378 g/mol. The summed E-state index contributed by atoms with van der Waals surface area (Å²) in [5.74, 6) is -1.43. The van der Waals surface area contributed by atoms with Crippen LogP contribution in [0.2, 0.25) is 0 Å². The Kier molecular flexibility index (Phi) is 4.23. The first kappa shape index (κ1) is 17.3. The molecule has 0 spiro atoms. The zero-order valence-electron chi connectivity index (χ0n) is 13.3. The molecule has 0 bridgehead atoms. The van der Waals surface area contributed by atoms with E-state index in [9.17, 15) is 22.9 Å². The molecule has 9 heteroatoms. The predicted molar refractivity (Wildman–Crippen MR) is 96.1 cm³/mol. The summed E-state index contributed by atoms with van der Waals surface area (Å²) in [5, 5.41) is 12.8. The zero-order chi connectivity index (χ0) is 18.4. The molecule has 0 fully saturated rings. The van der Waals surface area contributed by atoms with Crippen LogP contribution in [0, 0.1) is 6.92 Å². The Hall–Kier alpha value is -2.49. The summed E-state index contributed by atoms with van der Waals surface area (Å²) in [6, 6.07) is 8.18. The highest BCUT2D eigenvalue weighted by Crippen LogP contribution is 2.36. The molecule has 0 unspecified atom stereocenters. The Morgan fingerprint density at radius 1 is 1.24 bits per heavy atom. The lowest BCUT2D eigenvalue weighted by Crippen LogP contribution is -2.08.